The number of likely N-dealkylation sites (tertiary alicyclic amines) is 1. The fourth-order valence-electron chi connectivity index (χ4n) is 4.16. The van der Waals surface area contributed by atoms with Crippen LogP contribution in [0.5, 0.6) is 0 Å². The molecule has 0 saturated carbocycles. The SMILES string of the molecule is CC(C)=CC(=O)N1CCCC1c1nc(-c2ccc(C(=O)Nc3ccccn3)cc2)c(C(N)=O)n1N. The number of carbonyl (C=O) groups excluding carboxylic acids is 3. The van der Waals surface area contributed by atoms with E-state index in [1.165, 1.54) is 4.68 Å². The van der Waals surface area contributed by atoms with Gasteiger partial charge in [-0.05, 0) is 51.0 Å². The number of hydrogen-bond acceptors (Lipinski definition) is 6. The van der Waals surface area contributed by atoms with Crippen molar-refractivity contribution in [1.82, 2.24) is 19.5 Å². The summed E-state index contributed by atoms with van der Waals surface area (Å²) in [7, 11) is 0. The molecule has 0 bridgehead atoms. The van der Waals surface area contributed by atoms with Gasteiger partial charge in [-0.1, -0.05) is 23.8 Å². The van der Waals surface area contributed by atoms with Crippen molar-refractivity contribution in [3.63, 3.8) is 0 Å². The van der Waals surface area contributed by atoms with Gasteiger partial charge in [0.15, 0.2) is 11.5 Å². The molecule has 3 aromatic rings. The van der Waals surface area contributed by atoms with E-state index in [9.17, 15) is 14.4 Å². The van der Waals surface area contributed by atoms with Crippen LogP contribution in [0, 0.1) is 0 Å². The summed E-state index contributed by atoms with van der Waals surface area (Å²) in [5.74, 6) is 5.92. The van der Waals surface area contributed by atoms with E-state index in [1.54, 1.807) is 59.6 Å². The molecule has 180 valence electrons. The number of anilines is 1. The number of imidazole rings is 1. The summed E-state index contributed by atoms with van der Waals surface area (Å²) in [4.78, 5) is 48.0. The molecule has 1 unspecified atom stereocenters. The summed E-state index contributed by atoms with van der Waals surface area (Å²) in [6.07, 6.45) is 4.62. The number of rotatable bonds is 6. The van der Waals surface area contributed by atoms with Gasteiger partial charge in [-0.3, -0.25) is 14.4 Å². The Morgan fingerprint density at radius 2 is 1.86 bits per heavy atom. The number of aromatic nitrogens is 3. The van der Waals surface area contributed by atoms with E-state index in [-0.39, 0.29) is 23.6 Å². The predicted octanol–water partition coefficient (Wildman–Crippen LogP) is 2.64. The highest BCUT2D eigenvalue weighted by Gasteiger charge is 2.35. The molecule has 1 aromatic carbocycles. The smallest absolute Gasteiger partial charge is 0.269 e. The Hall–Kier alpha value is -4.47. The average molecular weight is 474 g/mol. The van der Waals surface area contributed by atoms with Crippen molar-refractivity contribution >= 4 is 23.5 Å². The third kappa shape index (κ3) is 4.91. The number of nitrogen functional groups attached to an aromatic ring is 1. The van der Waals surface area contributed by atoms with Crippen LogP contribution < -0.4 is 16.9 Å². The number of amides is 3. The van der Waals surface area contributed by atoms with Crippen LogP contribution in [-0.4, -0.2) is 43.8 Å². The number of pyridine rings is 1. The molecule has 1 fully saturated rings. The summed E-state index contributed by atoms with van der Waals surface area (Å²) in [6, 6.07) is 11.4. The van der Waals surface area contributed by atoms with Gasteiger partial charge in [0.1, 0.15) is 11.5 Å². The largest absolute Gasteiger partial charge is 0.364 e. The van der Waals surface area contributed by atoms with Gasteiger partial charge in [0.2, 0.25) is 5.91 Å². The molecular weight excluding hydrogens is 446 g/mol. The number of hydrogen-bond donors (Lipinski definition) is 3. The molecule has 5 N–H and O–H groups in total. The summed E-state index contributed by atoms with van der Waals surface area (Å²) < 4.78 is 1.18. The number of carbonyl (C=O) groups is 3. The minimum atomic E-state index is -0.738. The number of benzene rings is 1. The van der Waals surface area contributed by atoms with Crippen molar-refractivity contribution < 1.29 is 14.4 Å². The van der Waals surface area contributed by atoms with Crippen LogP contribution in [0.25, 0.3) is 11.3 Å². The van der Waals surface area contributed by atoms with Gasteiger partial charge < -0.3 is 21.8 Å². The molecule has 1 aliphatic heterocycles. The molecule has 0 radical (unpaired) electrons. The maximum atomic E-state index is 12.7. The Morgan fingerprint density at radius 3 is 2.49 bits per heavy atom. The first-order valence-electron chi connectivity index (χ1n) is 11.2. The van der Waals surface area contributed by atoms with E-state index in [4.69, 9.17) is 11.6 Å². The summed E-state index contributed by atoms with van der Waals surface area (Å²) in [5, 5.41) is 2.72. The summed E-state index contributed by atoms with van der Waals surface area (Å²) >= 11 is 0. The third-order valence-corrected chi connectivity index (χ3v) is 5.74. The van der Waals surface area contributed by atoms with E-state index in [0.29, 0.717) is 41.4 Å². The lowest BCUT2D eigenvalue weighted by molar-refractivity contribution is -0.127. The Kier molecular flexibility index (Phi) is 6.63. The van der Waals surface area contributed by atoms with Gasteiger partial charge in [0, 0.05) is 29.9 Å². The van der Waals surface area contributed by atoms with E-state index < -0.39 is 5.91 Å². The van der Waals surface area contributed by atoms with Crippen LogP contribution in [0.2, 0.25) is 0 Å². The van der Waals surface area contributed by atoms with Crippen LogP contribution in [-0.2, 0) is 4.79 Å². The number of nitrogens with zero attached hydrogens (tertiary/aromatic N) is 4. The van der Waals surface area contributed by atoms with Crippen molar-refractivity contribution in [2.24, 2.45) is 5.73 Å². The Morgan fingerprint density at radius 1 is 1.11 bits per heavy atom. The van der Waals surface area contributed by atoms with Gasteiger partial charge in [0.25, 0.3) is 11.8 Å². The first kappa shape index (κ1) is 23.7. The standard InChI is InChI=1S/C25H27N7O3/c1-15(2)14-20(33)31-13-5-6-18(31)24-30-21(22(23(26)34)32(24)27)16-8-10-17(11-9-16)25(35)29-19-7-3-4-12-28-19/h3-4,7-12,14,18H,5-6,13,27H2,1-2H3,(H2,26,34)(H,28,29,35). The van der Waals surface area contributed by atoms with Crippen molar-refractivity contribution in [3.05, 3.63) is 77.4 Å². The number of primary amides is 1. The van der Waals surface area contributed by atoms with Gasteiger partial charge in [-0.2, -0.15) is 0 Å². The van der Waals surface area contributed by atoms with Gasteiger partial charge >= 0.3 is 0 Å². The van der Waals surface area contributed by atoms with Gasteiger partial charge in [0.05, 0.1) is 6.04 Å². The lowest BCUT2D eigenvalue weighted by Gasteiger charge is -2.23. The predicted molar refractivity (Wildman–Crippen MR) is 132 cm³/mol. The number of nitrogens with one attached hydrogen (secondary N) is 1. The molecule has 35 heavy (non-hydrogen) atoms. The second-order valence-corrected chi connectivity index (χ2v) is 8.56. The molecule has 3 amide bonds. The molecule has 3 heterocycles. The normalized spacial score (nSPS) is 15.0. The van der Waals surface area contributed by atoms with Crippen molar-refractivity contribution in [2.75, 3.05) is 17.7 Å². The van der Waals surface area contributed by atoms with Crippen molar-refractivity contribution in [1.29, 1.82) is 0 Å². The minimum absolute atomic E-state index is 0.0344. The summed E-state index contributed by atoms with van der Waals surface area (Å²) in [5.41, 5.74) is 7.85. The molecular formula is C25H27N7O3. The van der Waals surface area contributed by atoms with Crippen molar-refractivity contribution in [3.8, 4) is 11.3 Å². The first-order valence-corrected chi connectivity index (χ1v) is 11.2. The maximum Gasteiger partial charge on any atom is 0.269 e. The highest BCUT2D eigenvalue weighted by Crippen LogP contribution is 2.34. The fraction of sp³-hybridized carbons (Fsp3) is 0.240. The Balaban J connectivity index is 1.65. The van der Waals surface area contributed by atoms with Gasteiger partial charge in [-0.25, -0.2) is 14.6 Å². The topological polar surface area (TPSA) is 149 Å². The molecule has 4 rings (SSSR count). The second kappa shape index (κ2) is 9.80. The maximum absolute atomic E-state index is 12.7. The zero-order valence-corrected chi connectivity index (χ0v) is 19.6. The zero-order valence-electron chi connectivity index (χ0n) is 19.6. The number of allylic oxidation sites excluding steroid dienone is 1. The van der Waals surface area contributed by atoms with Crippen LogP contribution >= 0.6 is 0 Å². The minimum Gasteiger partial charge on any atom is -0.364 e. The molecule has 10 nitrogen and oxygen atoms in total. The van der Waals surface area contributed by atoms with Gasteiger partial charge in [-0.15, -0.1) is 0 Å². The van der Waals surface area contributed by atoms with E-state index in [2.05, 4.69) is 15.3 Å². The Labute approximate surface area is 202 Å². The molecule has 0 aliphatic carbocycles. The van der Waals surface area contributed by atoms with Crippen molar-refractivity contribution in [2.45, 2.75) is 32.7 Å². The Bertz CT molecular complexity index is 1290. The lowest BCUT2D eigenvalue weighted by atomic mass is 10.1. The van der Waals surface area contributed by atoms with Crippen LogP contribution in [0.15, 0.2) is 60.3 Å². The third-order valence-electron chi connectivity index (χ3n) is 5.74. The highest BCUT2D eigenvalue weighted by atomic mass is 16.2. The second-order valence-electron chi connectivity index (χ2n) is 8.56. The first-order chi connectivity index (χ1) is 16.8. The van der Waals surface area contributed by atoms with E-state index in [0.717, 1.165) is 12.0 Å². The monoisotopic (exact) mass is 473 g/mol. The lowest BCUT2D eigenvalue weighted by Crippen LogP contribution is -2.33. The summed E-state index contributed by atoms with van der Waals surface area (Å²) in [6.45, 7) is 4.29. The fourth-order valence-corrected chi connectivity index (χ4v) is 4.16. The quantitative estimate of drug-likeness (QED) is 0.370. The molecule has 2 aromatic heterocycles. The number of nitrogens with two attached hydrogens (primary N) is 2. The average Bonchev–Trinajstić information content (AvgIpc) is 3.44. The molecule has 10 heteroatoms. The van der Waals surface area contributed by atoms with E-state index >= 15 is 0 Å². The molecule has 1 aliphatic rings. The van der Waals surface area contributed by atoms with Crippen LogP contribution in [0.1, 0.15) is 59.4 Å². The van der Waals surface area contributed by atoms with Crippen LogP contribution in [0.4, 0.5) is 5.82 Å². The highest BCUT2D eigenvalue weighted by molar-refractivity contribution is 6.04. The molecule has 1 atom stereocenters. The zero-order chi connectivity index (χ0) is 25.1. The van der Waals surface area contributed by atoms with E-state index in [1.807, 2.05) is 13.8 Å². The molecule has 1 saturated heterocycles. The molecule has 0 spiro atoms. The van der Waals surface area contributed by atoms with Crippen LogP contribution in [0.3, 0.4) is 0 Å².